The quantitative estimate of drug-likeness (QED) is 0.770. The van der Waals surface area contributed by atoms with Crippen LogP contribution in [-0.2, 0) is 4.79 Å². The van der Waals surface area contributed by atoms with E-state index in [1.54, 1.807) is 0 Å². The predicted octanol–water partition coefficient (Wildman–Crippen LogP) is 1.82. The van der Waals surface area contributed by atoms with Crippen molar-refractivity contribution < 1.29 is 18.0 Å². The summed E-state index contributed by atoms with van der Waals surface area (Å²) in [5.41, 5.74) is 5.54. The van der Waals surface area contributed by atoms with Crippen molar-refractivity contribution in [3.63, 3.8) is 0 Å². The molecule has 0 aliphatic rings. The van der Waals surface area contributed by atoms with Gasteiger partial charge in [-0.2, -0.15) is 13.2 Å². The first-order valence-corrected chi connectivity index (χ1v) is 5.24. The monoisotopic (exact) mass is 240 g/mol. The van der Waals surface area contributed by atoms with E-state index in [2.05, 4.69) is 5.32 Å². The second-order valence-corrected chi connectivity index (χ2v) is 4.46. The van der Waals surface area contributed by atoms with Crippen molar-refractivity contribution in [1.29, 1.82) is 0 Å². The van der Waals surface area contributed by atoms with Gasteiger partial charge in [0.05, 0.1) is 12.5 Å². The lowest BCUT2D eigenvalue weighted by Crippen LogP contribution is -2.46. The number of carbonyl (C=O) groups excluding carboxylic acids is 1. The van der Waals surface area contributed by atoms with Crippen LogP contribution >= 0.6 is 0 Å². The van der Waals surface area contributed by atoms with Gasteiger partial charge in [-0.3, -0.25) is 4.79 Å². The van der Waals surface area contributed by atoms with Crippen LogP contribution in [-0.4, -0.2) is 24.2 Å². The van der Waals surface area contributed by atoms with Crippen LogP contribution in [0.2, 0.25) is 0 Å². The second kappa shape index (κ2) is 6.08. The highest BCUT2D eigenvalue weighted by atomic mass is 19.4. The van der Waals surface area contributed by atoms with E-state index in [0.717, 1.165) is 0 Å². The minimum atomic E-state index is -4.27. The molecule has 0 saturated carbocycles. The molecule has 0 bridgehead atoms. The molecular weight excluding hydrogens is 221 g/mol. The largest absolute Gasteiger partial charge is 0.391 e. The molecule has 3 N–H and O–H groups in total. The Morgan fingerprint density at radius 1 is 1.31 bits per heavy atom. The molecule has 1 amide bonds. The lowest BCUT2D eigenvalue weighted by atomic mass is 10.0. The molecule has 0 saturated heterocycles. The number of carbonyl (C=O) groups is 1. The molecule has 0 aliphatic heterocycles. The van der Waals surface area contributed by atoms with Crippen LogP contribution < -0.4 is 11.1 Å². The first-order valence-electron chi connectivity index (χ1n) is 5.24. The molecule has 96 valence electrons. The summed E-state index contributed by atoms with van der Waals surface area (Å²) in [6.45, 7) is 5.10. The van der Waals surface area contributed by atoms with E-state index in [-0.39, 0.29) is 5.92 Å². The van der Waals surface area contributed by atoms with Crippen molar-refractivity contribution in [1.82, 2.24) is 5.32 Å². The normalized spacial score (nSPS) is 16.0. The first-order chi connectivity index (χ1) is 7.11. The third kappa shape index (κ3) is 7.50. The molecule has 0 rings (SSSR count). The van der Waals surface area contributed by atoms with Gasteiger partial charge in [-0.05, 0) is 19.3 Å². The van der Waals surface area contributed by atoms with Gasteiger partial charge in [-0.15, -0.1) is 0 Å². The fourth-order valence-electron chi connectivity index (χ4n) is 1.36. The highest BCUT2D eigenvalue weighted by molar-refractivity contribution is 5.81. The lowest BCUT2D eigenvalue weighted by molar-refractivity contribution is -0.141. The SMILES string of the molecule is CC(C)C[C@H](N)C(=O)NC(C)CC(F)(F)F. The van der Waals surface area contributed by atoms with Crippen molar-refractivity contribution in [2.45, 2.75) is 51.9 Å². The molecule has 1 unspecified atom stereocenters. The van der Waals surface area contributed by atoms with Crippen LogP contribution in [0.4, 0.5) is 13.2 Å². The van der Waals surface area contributed by atoms with Crippen LogP contribution in [0.25, 0.3) is 0 Å². The van der Waals surface area contributed by atoms with Crippen molar-refractivity contribution >= 4 is 5.91 Å². The summed E-state index contributed by atoms with van der Waals surface area (Å²) in [7, 11) is 0. The van der Waals surface area contributed by atoms with E-state index in [1.807, 2.05) is 13.8 Å². The van der Waals surface area contributed by atoms with Gasteiger partial charge in [0.2, 0.25) is 5.91 Å². The Balaban J connectivity index is 4.04. The highest BCUT2D eigenvalue weighted by Gasteiger charge is 2.31. The third-order valence-electron chi connectivity index (χ3n) is 1.99. The maximum absolute atomic E-state index is 12.0. The highest BCUT2D eigenvalue weighted by Crippen LogP contribution is 2.21. The van der Waals surface area contributed by atoms with Crippen LogP contribution in [0.1, 0.15) is 33.6 Å². The number of hydrogen-bond donors (Lipinski definition) is 2. The van der Waals surface area contributed by atoms with Crippen molar-refractivity contribution in [2.75, 3.05) is 0 Å². The van der Waals surface area contributed by atoms with E-state index in [1.165, 1.54) is 6.92 Å². The zero-order valence-electron chi connectivity index (χ0n) is 9.77. The smallest absolute Gasteiger partial charge is 0.352 e. The number of hydrogen-bond acceptors (Lipinski definition) is 2. The number of nitrogens with two attached hydrogens (primary N) is 1. The van der Waals surface area contributed by atoms with Gasteiger partial charge in [0.25, 0.3) is 0 Å². The van der Waals surface area contributed by atoms with Gasteiger partial charge in [-0.25, -0.2) is 0 Å². The van der Waals surface area contributed by atoms with E-state index in [9.17, 15) is 18.0 Å². The second-order valence-electron chi connectivity index (χ2n) is 4.46. The minimum absolute atomic E-state index is 0.235. The maximum Gasteiger partial charge on any atom is 0.391 e. The van der Waals surface area contributed by atoms with Crippen molar-refractivity contribution in [3.05, 3.63) is 0 Å². The number of rotatable bonds is 5. The Kier molecular flexibility index (Phi) is 5.78. The molecule has 0 heterocycles. The molecule has 0 aromatic heterocycles. The summed E-state index contributed by atoms with van der Waals surface area (Å²) in [5.74, 6) is -0.288. The average molecular weight is 240 g/mol. The number of alkyl halides is 3. The zero-order chi connectivity index (χ0) is 12.9. The average Bonchev–Trinajstić information content (AvgIpc) is 1.98. The van der Waals surface area contributed by atoms with Gasteiger partial charge < -0.3 is 11.1 Å². The number of halogens is 3. The molecule has 6 heteroatoms. The standard InChI is InChI=1S/C10H19F3N2O/c1-6(2)4-8(14)9(16)15-7(3)5-10(11,12)13/h6-8H,4-5,14H2,1-3H3,(H,15,16)/t7?,8-/m0/s1. The van der Waals surface area contributed by atoms with Gasteiger partial charge >= 0.3 is 6.18 Å². The summed E-state index contributed by atoms with van der Waals surface area (Å²) < 4.78 is 36.0. The molecule has 0 radical (unpaired) electrons. The van der Waals surface area contributed by atoms with Crippen molar-refractivity contribution in [2.24, 2.45) is 11.7 Å². The summed E-state index contributed by atoms with van der Waals surface area (Å²) in [6.07, 6.45) is -4.84. The van der Waals surface area contributed by atoms with Crippen LogP contribution in [0, 0.1) is 5.92 Å². The summed E-state index contributed by atoms with van der Waals surface area (Å²) >= 11 is 0. The van der Waals surface area contributed by atoms with Crippen molar-refractivity contribution in [3.8, 4) is 0 Å². The molecule has 0 aromatic rings. The third-order valence-corrected chi connectivity index (χ3v) is 1.99. The summed E-state index contributed by atoms with van der Waals surface area (Å²) in [4.78, 5) is 11.4. The summed E-state index contributed by atoms with van der Waals surface area (Å²) in [6, 6.07) is -1.68. The lowest BCUT2D eigenvalue weighted by Gasteiger charge is -2.19. The fraction of sp³-hybridized carbons (Fsp3) is 0.900. The van der Waals surface area contributed by atoms with Gasteiger partial charge in [0.1, 0.15) is 0 Å². The Morgan fingerprint density at radius 3 is 2.19 bits per heavy atom. The Hall–Kier alpha value is -0.780. The molecule has 3 nitrogen and oxygen atoms in total. The molecule has 2 atom stereocenters. The molecule has 0 aliphatic carbocycles. The van der Waals surface area contributed by atoms with Gasteiger partial charge in [0, 0.05) is 6.04 Å². The van der Waals surface area contributed by atoms with Gasteiger partial charge in [-0.1, -0.05) is 13.8 Å². The van der Waals surface area contributed by atoms with Crippen LogP contribution in [0.15, 0.2) is 0 Å². The molecule has 0 fully saturated rings. The molecule has 0 spiro atoms. The van der Waals surface area contributed by atoms with E-state index in [4.69, 9.17) is 5.73 Å². The molecular formula is C10H19F3N2O. The minimum Gasteiger partial charge on any atom is -0.352 e. The Morgan fingerprint density at radius 2 is 1.81 bits per heavy atom. The Labute approximate surface area is 93.6 Å². The zero-order valence-corrected chi connectivity index (χ0v) is 9.77. The maximum atomic E-state index is 12.0. The summed E-state index contributed by atoms with van der Waals surface area (Å²) in [5, 5.41) is 2.26. The van der Waals surface area contributed by atoms with Crippen LogP contribution in [0.3, 0.4) is 0 Å². The fourth-order valence-corrected chi connectivity index (χ4v) is 1.36. The van der Waals surface area contributed by atoms with Crippen LogP contribution in [0.5, 0.6) is 0 Å². The molecule has 0 aromatic carbocycles. The first kappa shape index (κ1) is 15.2. The predicted molar refractivity (Wildman–Crippen MR) is 55.7 cm³/mol. The van der Waals surface area contributed by atoms with E-state index in [0.29, 0.717) is 6.42 Å². The number of nitrogens with one attached hydrogen (secondary N) is 1. The molecule has 16 heavy (non-hydrogen) atoms. The van der Waals surface area contributed by atoms with Gasteiger partial charge in [0.15, 0.2) is 0 Å². The Bertz CT molecular complexity index is 229. The van der Waals surface area contributed by atoms with E-state index >= 15 is 0 Å². The number of amides is 1. The topological polar surface area (TPSA) is 55.1 Å². The van der Waals surface area contributed by atoms with E-state index < -0.39 is 30.6 Å².